The van der Waals surface area contributed by atoms with Gasteiger partial charge in [0.15, 0.2) is 5.65 Å². The largest absolute Gasteiger partial charge is 0.481 e. The van der Waals surface area contributed by atoms with E-state index in [4.69, 9.17) is 4.74 Å². The number of nitrogens with zero attached hydrogens (tertiary/aromatic N) is 5. The van der Waals surface area contributed by atoms with Gasteiger partial charge in [0.25, 0.3) is 0 Å². The standard InChI is InChI=1S/C15H14N6O/c1-8-13-9(2)19-14(10-6-16-17-7-10)21(13)15-11(18-8)4-5-12(20-15)22-3/h4-7H,1-3H3,(H,16,17). The average Bonchev–Trinajstić information content (AvgIpc) is 3.15. The first-order valence-electron chi connectivity index (χ1n) is 6.88. The van der Waals surface area contributed by atoms with Crippen LogP contribution in [0.3, 0.4) is 0 Å². The van der Waals surface area contributed by atoms with Gasteiger partial charge in [0.2, 0.25) is 5.88 Å². The molecule has 0 saturated carbocycles. The minimum absolute atomic E-state index is 0.545. The Morgan fingerprint density at radius 1 is 1.09 bits per heavy atom. The summed E-state index contributed by atoms with van der Waals surface area (Å²) in [6, 6.07) is 3.71. The summed E-state index contributed by atoms with van der Waals surface area (Å²) in [6.07, 6.45) is 3.56. The number of nitrogens with one attached hydrogen (secondary N) is 1. The molecule has 0 aliphatic rings. The Morgan fingerprint density at radius 2 is 1.91 bits per heavy atom. The minimum Gasteiger partial charge on any atom is -0.481 e. The Morgan fingerprint density at radius 3 is 2.64 bits per heavy atom. The molecule has 4 aromatic rings. The fourth-order valence-corrected chi connectivity index (χ4v) is 2.75. The third-order valence-corrected chi connectivity index (χ3v) is 3.69. The number of imidazole rings is 1. The smallest absolute Gasteiger partial charge is 0.215 e. The quantitative estimate of drug-likeness (QED) is 0.613. The van der Waals surface area contributed by atoms with Gasteiger partial charge >= 0.3 is 0 Å². The van der Waals surface area contributed by atoms with Crippen molar-refractivity contribution in [1.29, 1.82) is 0 Å². The van der Waals surface area contributed by atoms with Crippen LogP contribution in [-0.2, 0) is 0 Å². The van der Waals surface area contributed by atoms with Gasteiger partial charge in [-0.3, -0.25) is 9.50 Å². The predicted octanol–water partition coefficient (Wildman–Crippen LogP) is 2.29. The number of rotatable bonds is 2. The number of aryl methyl sites for hydroxylation is 2. The lowest BCUT2D eigenvalue weighted by molar-refractivity contribution is 0.399. The van der Waals surface area contributed by atoms with Gasteiger partial charge in [0.1, 0.15) is 11.3 Å². The third-order valence-electron chi connectivity index (χ3n) is 3.69. The van der Waals surface area contributed by atoms with E-state index < -0.39 is 0 Å². The van der Waals surface area contributed by atoms with Crippen molar-refractivity contribution < 1.29 is 4.74 Å². The Balaban J connectivity index is 2.22. The number of hydrogen-bond donors (Lipinski definition) is 1. The highest BCUT2D eigenvalue weighted by molar-refractivity contribution is 5.81. The van der Waals surface area contributed by atoms with E-state index in [1.165, 1.54) is 0 Å². The van der Waals surface area contributed by atoms with Crippen molar-refractivity contribution >= 4 is 16.7 Å². The Bertz CT molecular complexity index is 987. The maximum Gasteiger partial charge on any atom is 0.215 e. The van der Waals surface area contributed by atoms with Crippen molar-refractivity contribution in [2.75, 3.05) is 7.11 Å². The molecule has 0 atom stereocenters. The second kappa shape index (κ2) is 4.52. The van der Waals surface area contributed by atoms with Crippen molar-refractivity contribution in [2.45, 2.75) is 13.8 Å². The topological polar surface area (TPSA) is 81.0 Å². The molecule has 4 rings (SSSR count). The Labute approximate surface area is 126 Å². The molecule has 7 nitrogen and oxygen atoms in total. The number of pyridine rings is 1. The minimum atomic E-state index is 0.545. The highest BCUT2D eigenvalue weighted by atomic mass is 16.5. The fourth-order valence-electron chi connectivity index (χ4n) is 2.75. The molecule has 0 bridgehead atoms. The molecule has 0 radical (unpaired) electrons. The highest BCUT2D eigenvalue weighted by Crippen LogP contribution is 2.27. The zero-order valence-electron chi connectivity index (χ0n) is 12.5. The van der Waals surface area contributed by atoms with Crippen LogP contribution in [0.25, 0.3) is 28.1 Å². The SMILES string of the molecule is COc1ccc2nc(C)c3c(C)nc(-c4cn[nH]c4)n3c2n1. The second-order valence-electron chi connectivity index (χ2n) is 5.09. The van der Waals surface area contributed by atoms with Gasteiger partial charge < -0.3 is 4.74 Å². The average molecular weight is 294 g/mol. The fraction of sp³-hybridized carbons (Fsp3) is 0.200. The molecule has 0 aliphatic carbocycles. The van der Waals surface area contributed by atoms with Gasteiger partial charge in [-0.25, -0.2) is 9.97 Å². The maximum atomic E-state index is 5.25. The molecule has 0 aromatic carbocycles. The summed E-state index contributed by atoms with van der Waals surface area (Å²) >= 11 is 0. The molecule has 110 valence electrons. The molecule has 0 amide bonds. The van der Waals surface area contributed by atoms with E-state index in [1.807, 2.05) is 36.6 Å². The number of fused-ring (bicyclic) bond motifs is 3. The van der Waals surface area contributed by atoms with Gasteiger partial charge in [-0.05, 0) is 19.9 Å². The lowest BCUT2D eigenvalue weighted by Crippen LogP contribution is -2.00. The summed E-state index contributed by atoms with van der Waals surface area (Å²) < 4.78 is 7.26. The van der Waals surface area contributed by atoms with Crippen LogP contribution >= 0.6 is 0 Å². The van der Waals surface area contributed by atoms with E-state index in [-0.39, 0.29) is 0 Å². The van der Waals surface area contributed by atoms with Crippen LogP contribution in [0.15, 0.2) is 24.5 Å². The molecular weight excluding hydrogens is 280 g/mol. The van der Waals surface area contributed by atoms with Gasteiger partial charge in [0.05, 0.1) is 35.8 Å². The third kappa shape index (κ3) is 1.68. The van der Waals surface area contributed by atoms with Crippen LogP contribution < -0.4 is 4.74 Å². The zero-order valence-corrected chi connectivity index (χ0v) is 12.5. The van der Waals surface area contributed by atoms with E-state index in [2.05, 4.69) is 25.1 Å². The molecule has 4 heterocycles. The Kier molecular flexibility index (Phi) is 2.62. The van der Waals surface area contributed by atoms with E-state index in [1.54, 1.807) is 13.3 Å². The monoisotopic (exact) mass is 294 g/mol. The second-order valence-corrected chi connectivity index (χ2v) is 5.09. The first-order chi connectivity index (χ1) is 10.7. The van der Waals surface area contributed by atoms with E-state index in [0.29, 0.717) is 5.88 Å². The number of methoxy groups -OCH3 is 1. The summed E-state index contributed by atoms with van der Waals surface area (Å²) in [5.41, 5.74) is 5.21. The normalized spacial score (nSPS) is 11.4. The molecule has 0 unspecified atom stereocenters. The Hall–Kier alpha value is -2.96. The van der Waals surface area contributed by atoms with Crippen molar-refractivity contribution in [3.63, 3.8) is 0 Å². The molecule has 7 heteroatoms. The van der Waals surface area contributed by atoms with Gasteiger partial charge in [0, 0.05) is 12.3 Å². The van der Waals surface area contributed by atoms with Crippen LogP contribution in [0.5, 0.6) is 5.88 Å². The van der Waals surface area contributed by atoms with Gasteiger partial charge in [-0.1, -0.05) is 0 Å². The van der Waals surface area contributed by atoms with Crippen LogP contribution in [0, 0.1) is 13.8 Å². The zero-order chi connectivity index (χ0) is 15.3. The summed E-state index contributed by atoms with van der Waals surface area (Å²) in [6.45, 7) is 3.95. The lowest BCUT2D eigenvalue weighted by atomic mass is 10.3. The van der Waals surface area contributed by atoms with Crippen LogP contribution in [-0.4, -0.2) is 36.7 Å². The first-order valence-corrected chi connectivity index (χ1v) is 6.88. The van der Waals surface area contributed by atoms with Crippen molar-refractivity contribution in [3.05, 3.63) is 35.9 Å². The highest BCUT2D eigenvalue weighted by Gasteiger charge is 2.17. The summed E-state index contributed by atoms with van der Waals surface area (Å²) in [5.74, 6) is 1.33. The van der Waals surface area contributed by atoms with E-state index in [9.17, 15) is 0 Å². The predicted molar refractivity (Wildman–Crippen MR) is 81.9 cm³/mol. The summed E-state index contributed by atoms with van der Waals surface area (Å²) in [5, 5.41) is 6.84. The molecule has 0 aliphatic heterocycles. The maximum absolute atomic E-state index is 5.25. The molecule has 0 saturated heterocycles. The number of hydrogen-bond acceptors (Lipinski definition) is 5. The van der Waals surface area contributed by atoms with Crippen LogP contribution in [0.4, 0.5) is 0 Å². The molecule has 22 heavy (non-hydrogen) atoms. The van der Waals surface area contributed by atoms with E-state index in [0.717, 1.165) is 39.5 Å². The summed E-state index contributed by atoms with van der Waals surface area (Å²) in [7, 11) is 1.60. The lowest BCUT2D eigenvalue weighted by Gasteiger charge is -2.08. The van der Waals surface area contributed by atoms with Crippen molar-refractivity contribution in [2.24, 2.45) is 0 Å². The molecule has 1 N–H and O–H groups in total. The number of aromatic amines is 1. The van der Waals surface area contributed by atoms with Crippen LogP contribution in [0.2, 0.25) is 0 Å². The molecular formula is C15H14N6O. The van der Waals surface area contributed by atoms with Gasteiger partial charge in [-0.2, -0.15) is 10.1 Å². The van der Waals surface area contributed by atoms with E-state index >= 15 is 0 Å². The first kappa shape index (κ1) is 12.8. The molecule has 0 spiro atoms. The number of ether oxygens (including phenoxy) is 1. The van der Waals surface area contributed by atoms with Crippen molar-refractivity contribution in [3.8, 4) is 17.3 Å². The molecule has 0 fully saturated rings. The number of H-pyrrole nitrogens is 1. The van der Waals surface area contributed by atoms with Gasteiger partial charge in [-0.15, -0.1) is 0 Å². The van der Waals surface area contributed by atoms with Crippen LogP contribution in [0.1, 0.15) is 11.4 Å². The van der Waals surface area contributed by atoms with Crippen molar-refractivity contribution in [1.82, 2.24) is 29.5 Å². The summed E-state index contributed by atoms with van der Waals surface area (Å²) in [4.78, 5) is 13.9. The molecule has 4 aromatic heterocycles. The number of aromatic nitrogens is 6.